The molecule has 2 rings (SSSR count). The number of alkyl halides is 3. The first-order valence-electron chi connectivity index (χ1n) is 7.52. The molecule has 0 saturated carbocycles. The maximum Gasteiger partial charge on any atom is 0.401 e. The van der Waals surface area contributed by atoms with Crippen molar-refractivity contribution in [3.8, 4) is 0 Å². The Bertz CT molecular complexity index is 660. The van der Waals surface area contributed by atoms with Crippen LogP contribution in [0.4, 0.5) is 13.2 Å². The number of amides is 1. The highest BCUT2D eigenvalue weighted by molar-refractivity contribution is 7.91. The van der Waals surface area contributed by atoms with Crippen molar-refractivity contribution >= 4 is 28.2 Å². The molecule has 0 N–H and O–H groups in total. The fourth-order valence-corrected chi connectivity index (χ4v) is 3.79. The van der Waals surface area contributed by atoms with Crippen LogP contribution in [0.2, 0.25) is 0 Å². The summed E-state index contributed by atoms with van der Waals surface area (Å²) in [4.78, 5) is 14.9. The highest BCUT2D eigenvalue weighted by atomic mass is 35.5. The monoisotopic (exact) mass is 400 g/mol. The van der Waals surface area contributed by atoms with Gasteiger partial charge in [-0.2, -0.15) is 13.2 Å². The van der Waals surface area contributed by atoms with E-state index in [1.54, 1.807) is 18.2 Å². The molecular weight excluding hydrogens is 381 g/mol. The maximum atomic E-state index is 12.3. The molecule has 5 nitrogen and oxygen atoms in total. The third-order valence-electron chi connectivity index (χ3n) is 3.81. The molecule has 1 saturated heterocycles. The Hall–Kier alpha value is -1.32. The molecule has 0 unspecified atom stereocenters. The number of piperazine rings is 1. The molecular formula is C15H20ClF3N2O3S. The number of halogens is 4. The number of carbonyl (C=O) groups excluding carboxylic acids is 1. The molecule has 25 heavy (non-hydrogen) atoms. The molecule has 10 heteroatoms. The van der Waals surface area contributed by atoms with E-state index in [2.05, 4.69) is 0 Å². The van der Waals surface area contributed by atoms with Gasteiger partial charge >= 0.3 is 6.18 Å². The van der Waals surface area contributed by atoms with E-state index in [1.807, 2.05) is 0 Å². The van der Waals surface area contributed by atoms with Crippen molar-refractivity contribution in [3.63, 3.8) is 0 Å². The smallest absolute Gasteiger partial charge is 0.340 e. The van der Waals surface area contributed by atoms with Crippen LogP contribution in [-0.2, 0) is 14.6 Å². The Balaban J connectivity index is 0.00000312. The van der Waals surface area contributed by atoms with E-state index in [0.29, 0.717) is 0 Å². The van der Waals surface area contributed by atoms with Crippen LogP contribution in [0.25, 0.3) is 0 Å². The molecule has 0 bridgehead atoms. The van der Waals surface area contributed by atoms with Crippen LogP contribution in [0, 0.1) is 0 Å². The van der Waals surface area contributed by atoms with E-state index < -0.39 is 22.6 Å². The molecule has 1 heterocycles. The van der Waals surface area contributed by atoms with E-state index in [-0.39, 0.29) is 61.6 Å². The van der Waals surface area contributed by atoms with Gasteiger partial charge in [-0.25, -0.2) is 8.42 Å². The van der Waals surface area contributed by atoms with Crippen LogP contribution in [-0.4, -0.2) is 68.8 Å². The van der Waals surface area contributed by atoms with Crippen LogP contribution in [0.5, 0.6) is 0 Å². The quantitative estimate of drug-likeness (QED) is 0.758. The normalized spacial score (nSPS) is 16.4. The van der Waals surface area contributed by atoms with Crippen molar-refractivity contribution in [2.75, 3.05) is 38.5 Å². The van der Waals surface area contributed by atoms with Gasteiger partial charge in [0.15, 0.2) is 9.84 Å². The Morgan fingerprint density at radius 3 is 2.12 bits per heavy atom. The predicted molar refractivity (Wildman–Crippen MR) is 89.4 cm³/mol. The third-order valence-corrected chi connectivity index (χ3v) is 5.55. The van der Waals surface area contributed by atoms with E-state index in [0.717, 1.165) is 0 Å². The van der Waals surface area contributed by atoms with Gasteiger partial charge in [0.25, 0.3) is 0 Å². The van der Waals surface area contributed by atoms with Crippen molar-refractivity contribution in [3.05, 3.63) is 30.3 Å². The number of hydrogen-bond donors (Lipinski definition) is 0. The van der Waals surface area contributed by atoms with Gasteiger partial charge in [0.1, 0.15) is 0 Å². The molecule has 0 aliphatic carbocycles. The molecule has 0 spiro atoms. The number of nitrogens with zero attached hydrogens (tertiary/aromatic N) is 2. The van der Waals surface area contributed by atoms with E-state index in [9.17, 15) is 26.4 Å². The number of carbonyl (C=O) groups is 1. The van der Waals surface area contributed by atoms with Gasteiger partial charge in [-0.1, -0.05) is 18.2 Å². The lowest BCUT2D eigenvalue weighted by Gasteiger charge is -2.35. The summed E-state index contributed by atoms with van der Waals surface area (Å²) in [6.07, 6.45) is -4.42. The summed E-state index contributed by atoms with van der Waals surface area (Å²) in [7, 11) is -3.54. The van der Waals surface area contributed by atoms with E-state index >= 15 is 0 Å². The van der Waals surface area contributed by atoms with E-state index in [1.165, 1.54) is 21.9 Å². The average molecular weight is 401 g/mol. The van der Waals surface area contributed by atoms with Crippen LogP contribution in [0.15, 0.2) is 35.2 Å². The molecule has 142 valence electrons. The van der Waals surface area contributed by atoms with Crippen LogP contribution >= 0.6 is 12.4 Å². The zero-order chi connectivity index (χ0) is 17.8. The lowest BCUT2D eigenvalue weighted by Crippen LogP contribution is -2.51. The largest absolute Gasteiger partial charge is 0.401 e. The van der Waals surface area contributed by atoms with Crippen LogP contribution in [0.3, 0.4) is 0 Å². The molecule has 1 aromatic carbocycles. The lowest BCUT2D eigenvalue weighted by molar-refractivity contribution is -0.151. The van der Waals surface area contributed by atoms with Crippen molar-refractivity contribution in [2.24, 2.45) is 0 Å². The van der Waals surface area contributed by atoms with Gasteiger partial charge < -0.3 is 4.90 Å². The Morgan fingerprint density at radius 2 is 1.60 bits per heavy atom. The predicted octanol–water partition coefficient (Wildman–Crippen LogP) is 1.98. The molecule has 0 aromatic heterocycles. The molecule has 1 fully saturated rings. The Kier molecular flexibility index (Phi) is 7.70. The number of hydrogen-bond acceptors (Lipinski definition) is 4. The first kappa shape index (κ1) is 21.7. The standard InChI is InChI=1S/C15H19F3N2O3S.ClH/c16-15(17,18)12-19-7-9-20(10-8-19)14(21)6-11-24(22,23)13-4-2-1-3-5-13;/h1-5H,6-12H2;1H. The van der Waals surface area contributed by atoms with Crippen molar-refractivity contribution in [2.45, 2.75) is 17.5 Å². The number of benzene rings is 1. The zero-order valence-corrected chi connectivity index (χ0v) is 15.0. The minimum Gasteiger partial charge on any atom is -0.340 e. The summed E-state index contributed by atoms with van der Waals surface area (Å²) in [5.74, 6) is -0.653. The molecule has 1 aromatic rings. The van der Waals surface area contributed by atoms with Gasteiger partial charge in [-0.05, 0) is 12.1 Å². The third kappa shape index (κ3) is 6.83. The van der Waals surface area contributed by atoms with Crippen molar-refractivity contribution < 1.29 is 26.4 Å². The van der Waals surface area contributed by atoms with Gasteiger partial charge in [0.05, 0.1) is 17.2 Å². The second kappa shape index (κ2) is 8.86. The average Bonchev–Trinajstić information content (AvgIpc) is 2.53. The lowest BCUT2D eigenvalue weighted by atomic mass is 10.3. The van der Waals surface area contributed by atoms with Crippen LogP contribution in [0.1, 0.15) is 6.42 Å². The summed E-state index contributed by atoms with van der Waals surface area (Å²) in [6, 6.07) is 7.85. The molecule has 0 atom stereocenters. The molecule has 1 aliphatic heterocycles. The topological polar surface area (TPSA) is 57.7 Å². The van der Waals surface area contributed by atoms with Gasteiger partial charge in [0.2, 0.25) is 5.91 Å². The second-order valence-corrected chi connectivity index (χ2v) is 7.76. The minimum absolute atomic E-state index is 0. The Labute approximate surface area is 151 Å². The number of rotatable bonds is 5. The second-order valence-electron chi connectivity index (χ2n) is 5.65. The van der Waals surface area contributed by atoms with Gasteiger partial charge in [-0.15, -0.1) is 12.4 Å². The highest BCUT2D eigenvalue weighted by Gasteiger charge is 2.33. The molecule has 0 radical (unpaired) electrons. The highest BCUT2D eigenvalue weighted by Crippen LogP contribution is 2.18. The summed E-state index contributed by atoms with van der Waals surface area (Å²) in [6.45, 7) is -0.356. The minimum atomic E-state index is -4.25. The van der Waals surface area contributed by atoms with Crippen molar-refractivity contribution in [1.29, 1.82) is 0 Å². The maximum absolute atomic E-state index is 12.3. The first-order valence-corrected chi connectivity index (χ1v) is 9.17. The SMILES string of the molecule is Cl.O=C(CCS(=O)(=O)c1ccccc1)N1CCN(CC(F)(F)F)CC1. The molecule has 1 amide bonds. The van der Waals surface area contributed by atoms with Crippen molar-refractivity contribution in [1.82, 2.24) is 9.80 Å². The summed E-state index contributed by atoms with van der Waals surface area (Å²) < 4.78 is 61.2. The summed E-state index contributed by atoms with van der Waals surface area (Å²) in [5.41, 5.74) is 0. The van der Waals surface area contributed by atoms with Crippen LogP contribution < -0.4 is 0 Å². The fraction of sp³-hybridized carbons (Fsp3) is 0.533. The summed E-state index contributed by atoms with van der Waals surface area (Å²) >= 11 is 0. The van der Waals surface area contributed by atoms with E-state index in [4.69, 9.17) is 0 Å². The first-order chi connectivity index (χ1) is 11.2. The number of sulfone groups is 1. The van der Waals surface area contributed by atoms with Gasteiger partial charge in [-0.3, -0.25) is 9.69 Å². The fourth-order valence-electron chi connectivity index (χ4n) is 2.53. The Morgan fingerprint density at radius 1 is 1.04 bits per heavy atom. The molecule has 1 aliphatic rings. The zero-order valence-electron chi connectivity index (χ0n) is 13.4. The summed E-state index contributed by atoms with van der Waals surface area (Å²) in [5, 5.41) is 0. The van der Waals surface area contributed by atoms with Gasteiger partial charge in [0, 0.05) is 32.6 Å².